The van der Waals surface area contributed by atoms with Crippen LogP contribution in [0.3, 0.4) is 0 Å². The minimum Gasteiger partial charge on any atom is -0.374 e. The van der Waals surface area contributed by atoms with Gasteiger partial charge in [-0.15, -0.1) is 0 Å². The zero-order chi connectivity index (χ0) is 13.7. The Morgan fingerprint density at radius 3 is 2.95 bits per heavy atom. The lowest BCUT2D eigenvalue weighted by atomic mass is 10.2. The summed E-state index contributed by atoms with van der Waals surface area (Å²) in [4.78, 5) is 4.43. The second-order valence-corrected chi connectivity index (χ2v) is 4.89. The molecule has 1 N–H and O–H groups in total. The number of rotatable bonds is 6. The van der Waals surface area contributed by atoms with Crippen molar-refractivity contribution >= 4 is 5.69 Å². The normalized spacial score (nSPS) is 12.4. The van der Waals surface area contributed by atoms with Crippen LogP contribution in [0.15, 0.2) is 28.8 Å². The summed E-state index contributed by atoms with van der Waals surface area (Å²) >= 11 is 0. The molecule has 1 aromatic carbocycles. The molecule has 0 aliphatic heterocycles. The molecule has 4 nitrogen and oxygen atoms in total. The van der Waals surface area contributed by atoms with Crippen LogP contribution in [-0.2, 0) is 6.42 Å². The fourth-order valence-electron chi connectivity index (χ4n) is 1.93. The van der Waals surface area contributed by atoms with Crippen molar-refractivity contribution in [1.82, 2.24) is 10.1 Å². The molecule has 0 saturated carbocycles. The molecule has 0 radical (unpaired) electrons. The van der Waals surface area contributed by atoms with Crippen LogP contribution in [-0.4, -0.2) is 10.1 Å². The average molecular weight is 259 g/mol. The van der Waals surface area contributed by atoms with Gasteiger partial charge in [0.25, 0.3) is 0 Å². The van der Waals surface area contributed by atoms with E-state index in [1.807, 2.05) is 19.1 Å². The molecular weight excluding hydrogens is 238 g/mol. The molecule has 0 aliphatic rings. The Morgan fingerprint density at radius 2 is 2.21 bits per heavy atom. The van der Waals surface area contributed by atoms with Crippen molar-refractivity contribution in [1.29, 1.82) is 0 Å². The van der Waals surface area contributed by atoms with Crippen molar-refractivity contribution in [2.24, 2.45) is 0 Å². The Labute approximate surface area is 114 Å². The molecule has 1 atom stereocenters. The van der Waals surface area contributed by atoms with Gasteiger partial charge in [-0.05, 0) is 38.0 Å². The first-order chi connectivity index (χ1) is 9.19. The first kappa shape index (κ1) is 13.6. The van der Waals surface area contributed by atoms with Crippen LogP contribution in [0.4, 0.5) is 5.69 Å². The predicted octanol–water partition coefficient (Wildman–Crippen LogP) is 3.89. The van der Waals surface area contributed by atoms with Crippen LogP contribution in [0.1, 0.15) is 50.0 Å². The first-order valence-electron chi connectivity index (χ1n) is 6.84. The van der Waals surface area contributed by atoms with E-state index >= 15 is 0 Å². The largest absolute Gasteiger partial charge is 0.374 e. The van der Waals surface area contributed by atoms with Crippen LogP contribution < -0.4 is 5.32 Å². The summed E-state index contributed by atoms with van der Waals surface area (Å²) < 4.78 is 5.30. The van der Waals surface area contributed by atoms with Crippen LogP contribution in [0, 0.1) is 6.92 Å². The molecule has 0 fully saturated rings. The molecule has 19 heavy (non-hydrogen) atoms. The van der Waals surface area contributed by atoms with Gasteiger partial charge in [0.15, 0.2) is 5.82 Å². The maximum absolute atomic E-state index is 5.30. The average Bonchev–Trinajstić information content (AvgIpc) is 2.85. The van der Waals surface area contributed by atoms with E-state index in [1.165, 1.54) is 5.56 Å². The van der Waals surface area contributed by atoms with E-state index in [1.54, 1.807) is 0 Å². The second kappa shape index (κ2) is 6.36. The van der Waals surface area contributed by atoms with Crippen molar-refractivity contribution in [3.05, 3.63) is 41.5 Å². The molecule has 1 heterocycles. The van der Waals surface area contributed by atoms with Crippen molar-refractivity contribution < 1.29 is 4.52 Å². The summed E-state index contributed by atoms with van der Waals surface area (Å²) in [6.07, 6.45) is 3.12. The van der Waals surface area contributed by atoms with E-state index in [9.17, 15) is 0 Å². The predicted molar refractivity (Wildman–Crippen MR) is 76.1 cm³/mol. The Balaban J connectivity index is 1.99. The van der Waals surface area contributed by atoms with Crippen molar-refractivity contribution in [3.8, 4) is 0 Å². The van der Waals surface area contributed by atoms with E-state index in [0.717, 1.165) is 30.8 Å². The summed E-state index contributed by atoms with van der Waals surface area (Å²) in [6.45, 7) is 6.26. The monoisotopic (exact) mass is 259 g/mol. The summed E-state index contributed by atoms with van der Waals surface area (Å²) in [5.74, 6) is 1.45. The third kappa shape index (κ3) is 3.81. The highest BCUT2D eigenvalue weighted by atomic mass is 16.5. The smallest absolute Gasteiger partial charge is 0.248 e. The molecule has 0 amide bonds. The fraction of sp³-hybridized carbons (Fsp3) is 0.467. The van der Waals surface area contributed by atoms with Crippen LogP contribution in [0.25, 0.3) is 0 Å². The third-order valence-corrected chi connectivity index (χ3v) is 3.01. The summed E-state index contributed by atoms with van der Waals surface area (Å²) in [5.41, 5.74) is 2.30. The minimum atomic E-state index is 0.0182. The molecule has 4 heteroatoms. The molecule has 0 saturated heterocycles. The molecule has 0 spiro atoms. The highest BCUT2D eigenvalue weighted by Gasteiger charge is 2.13. The van der Waals surface area contributed by atoms with E-state index in [2.05, 4.69) is 41.4 Å². The number of hydrogen-bond acceptors (Lipinski definition) is 4. The van der Waals surface area contributed by atoms with Gasteiger partial charge in [0.1, 0.15) is 6.04 Å². The van der Waals surface area contributed by atoms with Gasteiger partial charge in [-0.1, -0.05) is 30.6 Å². The SMILES string of the molecule is CCCCc1noc(C(C)Nc2cccc(C)c2)n1. The van der Waals surface area contributed by atoms with Crippen LogP contribution in [0.2, 0.25) is 0 Å². The van der Waals surface area contributed by atoms with Gasteiger partial charge in [0.05, 0.1) is 0 Å². The van der Waals surface area contributed by atoms with Crippen LogP contribution in [0.5, 0.6) is 0 Å². The molecule has 0 aliphatic carbocycles. The molecule has 1 unspecified atom stereocenters. The number of unbranched alkanes of at least 4 members (excludes halogenated alkanes) is 1. The lowest BCUT2D eigenvalue weighted by molar-refractivity contribution is 0.362. The molecule has 1 aromatic heterocycles. The zero-order valence-corrected chi connectivity index (χ0v) is 11.8. The van der Waals surface area contributed by atoms with Crippen molar-refractivity contribution in [2.45, 2.75) is 46.1 Å². The summed E-state index contributed by atoms with van der Waals surface area (Å²) in [6, 6.07) is 8.27. The van der Waals surface area contributed by atoms with E-state index < -0.39 is 0 Å². The number of aromatic nitrogens is 2. The highest BCUT2D eigenvalue weighted by Crippen LogP contribution is 2.18. The molecule has 102 valence electrons. The van der Waals surface area contributed by atoms with Crippen LogP contribution >= 0.6 is 0 Å². The minimum absolute atomic E-state index is 0.0182. The van der Waals surface area contributed by atoms with Crippen molar-refractivity contribution in [3.63, 3.8) is 0 Å². The number of nitrogens with one attached hydrogen (secondary N) is 1. The summed E-state index contributed by atoms with van der Waals surface area (Å²) in [7, 11) is 0. The van der Waals surface area contributed by atoms with Crippen molar-refractivity contribution in [2.75, 3.05) is 5.32 Å². The van der Waals surface area contributed by atoms with Gasteiger partial charge < -0.3 is 9.84 Å². The van der Waals surface area contributed by atoms with Gasteiger partial charge >= 0.3 is 0 Å². The number of aryl methyl sites for hydroxylation is 2. The fourth-order valence-corrected chi connectivity index (χ4v) is 1.93. The summed E-state index contributed by atoms with van der Waals surface area (Å²) in [5, 5.41) is 7.38. The Morgan fingerprint density at radius 1 is 1.37 bits per heavy atom. The zero-order valence-electron chi connectivity index (χ0n) is 11.8. The van der Waals surface area contributed by atoms with Gasteiger partial charge in [-0.25, -0.2) is 0 Å². The topological polar surface area (TPSA) is 51.0 Å². The number of nitrogens with zero attached hydrogens (tertiary/aromatic N) is 2. The second-order valence-electron chi connectivity index (χ2n) is 4.89. The number of anilines is 1. The standard InChI is InChI=1S/C15H21N3O/c1-4-5-9-14-17-15(19-18-14)12(3)16-13-8-6-7-11(2)10-13/h6-8,10,12,16H,4-5,9H2,1-3H3. The number of hydrogen-bond donors (Lipinski definition) is 1. The Kier molecular flexibility index (Phi) is 4.55. The van der Waals surface area contributed by atoms with E-state index in [4.69, 9.17) is 4.52 Å². The molecule has 2 rings (SSSR count). The highest BCUT2D eigenvalue weighted by molar-refractivity contribution is 5.46. The van der Waals surface area contributed by atoms with E-state index in [-0.39, 0.29) is 6.04 Å². The lowest BCUT2D eigenvalue weighted by Gasteiger charge is -2.11. The Bertz CT molecular complexity index is 522. The molecular formula is C15H21N3O. The quantitative estimate of drug-likeness (QED) is 0.855. The maximum Gasteiger partial charge on any atom is 0.248 e. The first-order valence-corrected chi connectivity index (χ1v) is 6.84. The van der Waals surface area contributed by atoms with Gasteiger partial charge in [0, 0.05) is 12.1 Å². The van der Waals surface area contributed by atoms with E-state index in [0.29, 0.717) is 5.89 Å². The number of benzene rings is 1. The maximum atomic E-state index is 5.30. The van der Waals surface area contributed by atoms with Gasteiger partial charge in [-0.2, -0.15) is 4.98 Å². The molecule has 2 aromatic rings. The lowest BCUT2D eigenvalue weighted by Crippen LogP contribution is -2.07. The van der Waals surface area contributed by atoms with Gasteiger partial charge in [0.2, 0.25) is 5.89 Å². The third-order valence-electron chi connectivity index (χ3n) is 3.01. The Hall–Kier alpha value is -1.84. The van der Waals surface area contributed by atoms with Gasteiger partial charge in [-0.3, -0.25) is 0 Å². The molecule has 0 bridgehead atoms.